The van der Waals surface area contributed by atoms with E-state index in [1.807, 2.05) is 19.4 Å². The maximum absolute atomic E-state index is 12.2. The molecule has 8 heteroatoms. The molecule has 118 valence electrons. The zero-order chi connectivity index (χ0) is 15.7. The van der Waals surface area contributed by atoms with Gasteiger partial charge in [0.1, 0.15) is 5.15 Å². The minimum atomic E-state index is -0.0421. The Morgan fingerprint density at radius 1 is 1.59 bits per heavy atom. The second-order valence-electron chi connectivity index (χ2n) is 5.43. The third-order valence-electron chi connectivity index (χ3n) is 3.92. The van der Waals surface area contributed by atoms with Crippen LogP contribution >= 0.6 is 22.9 Å². The number of carbonyl (C=O) groups is 1. The highest BCUT2D eigenvalue weighted by atomic mass is 35.5. The number of likely N-dealkylation sites (tertiary alicyclic amines) is 1. The van der Waals surface area contributed by atoms with Crippen LogP contribution in [-0.2, 0) is 11.8 Å². The molecule has 1 fully saturated rings. The fourth-order valence-corrected chi connectivity index (χ4v) is 3.84. The first-order valence-corrected chi connectivity index (χ1v) is 8.44. The number of carbonyl (C=O) groups excluding carboxylic acids is 1. The summed E-state index contributed by atoms with van der Waals surface area (Å²) in [4.78, 5) is 18.4. The summed E-state index contributed by atoms with van der Waals surface area (Å²) in [6.07, 6.45) is 3.73. The predicted octanol–water partition coefficient (Wildman–Crippen LogP) is 2.61. The minimum absolute atomic E-state index is 0.0421. The highest BCUT2D eigenvalue weighted by Crippen LogP contribution is 2.37. The number of aryl methyl sites for hydroxylation is 2. The van der Waals surface area contributed by atoms with Crippen molar-refractivity contribution in [2.45, 2.75) is 25.8 Å². The Morgan fingerprint density at radius 2 is 2.41 bits per heavy atom. The first-order valence-electron chi connectivity index (χ1n) is 7.18. The molecule has 3 rings (SSSR count). The van der Waals surface area contributed by atoms with Gasteiger partial charge in [-0.3, -0.25) is 14.4 Å². The van der Waals surface area contributed by atoms with E-state index in [1.165, 1.54) is 11.3 Å². The molecule has 22 heavy (non-hydrogen) atoms. The van der Waals surface area contributed by atoms with Crippen LogP contribution in [0.5, 0.6) is 0 Å². The Kier molecular flexibility index (Phi) is 4.46. The summed E-state index contributed by atoms with van der Waals surface area (Å²) in [6.45, 7) is 3.20. The molecule has 0 spiro atoms. The zero-order valence-corrected chi connectivity index (χ0v) is 14.1. The first-order chi connectivity index (χ1) is 10.6. The van der Waals surface area contributed by atoms with E-state index >= 15 is 0 Å². The number of anilines is 1. The van der Waals surface area contributed by atoms with Crippen LogP contribution in [0.25, 0.3) is 0 Å². The van der Waals surface area contributed by atoms with Crippen LogP contribution in [0.2, 0.25) is 5.15 Å². The van der Waals surface area contributed by atoms with Crippen molar-refractivity contribution in [2.75, 3.05) is 18.4 Å². The third kappa shape index (κ3) is 3.02. The van der Waals surface area contributed by atoms with Crippen molar-refractivity contribution in [3.05, 3.63) is 28.0 Å². The van der Waals surface area contributed by atoms with Crippen LogP contribution in [0.1, 0.15) is 30.1 Å². The predicted molar refractivity (Wildman–Crippen MR) is 87.2 cm³/mol. The molecule has 0 saturated carbocycles. The molecule has 1 N–H and O–H groups in total. The molecule has 2 aromatic rings. The van der Waals surface area contributed by atoms with Crippen LogP contribution in [0.3, 0.4) is 0 Å². The van der Waals surface area contributed by atoms with Gasteiger partial charge < -0.3 is 5.32 Å². The molecule has 1 aliphatic heterocycles. The molecule has 0 aromatic carbocycles. The van der Waals surface area contributed by atoms with Crippen molar-refractivity contribution < 1.29 is 4.79 Å². The summed E-state index contributed by atoms with van der Waals surface area (Å²) >= 11 is 7.79. The summed E-state index contributed by atoms with van der Waals surface area (Å²) in [5.74, 6) is -0.0421. The summed E-state index contributed by atoms with van der Waals surface area (Å²) in [5.41, 5.74) is 1.98. The van der Waals surface area contributed by atoms with Crippen molar-refractivity contribution in [2.24, 2.45) is 7.05 Å². The number of nitrogens with one attached hydrogen (secondary N) is 1. The smallest absolute Gasteiger partial charge is 0.240 e. The molecule has 1 atom stereocenters. The molecule has 6 nitrogen and oxygen atoms in total. The fourth-order valence-electron chi connectivity index (χ4n) is 3.00. The van der Waals surface area contributed by atoms with E-state index in [0.29, 0.717) is 16.8 Å². The monoisotopic (exact) mass is 339 g/mol. The van der Waals surface area contributed by atoms with Crippen molar-refractivity contribution in [3.8, 4) is 0 Å². The second kappa shape index (κ2) is 6.36. The molecular formula is C14H18ClN5OS. The third-order valence-corrected chi connectivity index (χ3v) is 5.06. The second-order valence-corrected chi connectivity index (χ2v) is 6.68. The molecule has 0 aliphatic carbocycles. The van der Waals surface area contributed by atoms with E-state index < -0.39 is 0 Å². The number of halogens is 1. The van der Waals surface area contributed by atoms with Crippen molar-refractivity contribution >= 4 is 34.0 Å². The molecule has 2 aromatic heterocycles. The van der Waals surface area contributed by atoms with Gasteiger partial charge in [-0.1, -0.05) is 11.6 Å². The molecule has 0 bridgehead atoms. The number of nitrogens with zero attached hydrogens (tertiary/aromatic N) is 4. The summed E-state index contributed by atoms with van der Waals surface area (Å²) in [5, 5.41) is 10.3. The van der Waals surface area contributed by atoms with Crippen molar-refractivity contribution in [3.63, 3.8) is 0 Å². The SMILES string of the molecule is Cc1nn(C)c(Cl)c1[C@H]1CCCN1CC(=O)Nc1nccs1. The lowest BCUT2D eigenvalue weighted by molar-refractivity contribution is -0.117. The van der Waals surface area contributed by atoms with E-state index in [-0.39, 0.29) is 11.9 Å². The van der Waals surface area contributed by atoms with Gasteiger partial charge in [0.2, 0.25) is 5.91 Å². The van der Waals surface area contributed by atoms with Gasteiger partial charge in [-0.2, -0.15) is 5.10 Å². The standard InChI is InChI=1S/C14H18ClN5OS/c1-9-12(13(15)19(2)18-9)10-4-3-6-20(10)8-11(21)17-14-16-5-7-22-14/h5,7,10H,3-4,6,8H2,1-2H3,(H,16,17,21)/t10-/m1/s1. The number of rotatable bonds is 4. The largest absolute Gasteiger partial charge is 0.301 e. The first kappa shape index (κ1) is 15.5. The number of amides is 1. The maximum atomic E-state index is 12.2. The van der Waals surface area contributed by atoms with E-state index in [0.717, 1.165) is 30.6 Å². The Bertz CT molecular complexity index is 669. The van der Waals surface area contributed by atoms with Crippen molar-refractivity contribution in [1.29, 1.82) is 0 Å². The Labute approximate surface area is 138 Å². The van der Waals surface area contributed by atoms with Gasteiger partial charge in [-0.05, 0) is 26.3 Å². The van der Waals surface area contributed by atoms with Gasteiger partial charge >= 0.3 is 0 Å². The van der Waals surface area contributed by atoms with Crippen molar-refractivity contribution in [1.82, 2.24) is 19.7 Å². The highest BCUT2D eigenvalue weighted by Gasteiger charge is 2.32. The van der Waals surface area contributed by atoms with Crippen LogP contribution in [0.4, 0.5) is 5.13 Å². The Morgan fingerprint density at radius 3 is 3.05 bits per heavy atom. The topological polar surface area (TPSA) is 63.1 Å². The molecule has 1 aliphatic rings. The lowest BCUT2D eigenvalue weighted by atomic mass is 10.1. The lowest BCUT2D eigenvalue weighted by Crippen LogP contribution is -2.33. The van der Waals surface area contributed by atoms with E-state index in [1.54, 1.807) is 10.9 Å². The molecule has 3 heterocycles. The molecule has 0 unspecified atom stereocenters. The van der Waals surface area contributed by atoms with Gasteiger partial charge in [0.25, 0.3) is 0 Å². The molecule has 1 saturated heterocycles. The van der Waals surface area contributed by atoms with Gasteiger partial charge in [0.05, 0.1) is 12.2 Å². The molecular weight excluding hydrogens is 322 g/mol. The van der Waals surface area contributed by atoms with E-state index in [2.05, 4.69) is 20.3 Å². The fraction of sp³-hybridized carbons (Fsp3) is 0.500. The molecule has 0 radical (unpaired) electrons. The van der Waals surface area contributed by atoms with Crippen LogP contribution in [0, 0.1) is 6.92 Å². The number of hydrogen-bond acceptors (Lipinski definition) is 5. The Balaban J connectivity index is 1.72. The maximum Gasteiger partial charge on any atom is 0.240 e. The minimum Gasteiger partial charge on any atom is -0.301 e. The summed E-state index contributed by atoms with van der Waals surface area (Å²) in [7, 11) is 1.84. The van der Waals surface area contributed by atoms with Crippen LogP contribution in [-0.4, -0.2) is 38.7 Å². The number of aromatic nitrogens is 3. The lowest BCUT2D eigenvalue weighted by Gasteiger charge is -2.23. The van der Waals surface area contributed by atoms with Crippen LogP contribution < -0.4 is 5.32 Å². The normalized spacial score (nSPS) is 18.8. The Hall–Kier alpha value is -1.44. The summed E-state index contributed by atoms with van der Waals surface area (Å²) in [6, 6.07) is 0.156. The summed E-state index contributed by atoms with van der Waals surface area (Å²) < 4.78 is 1.69. The molecule has 1 amide bonds. The van der Waals surface area contributed by atoms with Crippen LogP contribution in [0.15, 0.2) is 11.6 Å². The highest BCUT2D eigenvalue weighted by molar-refractivity contribution is 7.13. The van der Waals surface area contributed by atoms with Gasteiger partial charge in [0, 0.05) is 30.2 Å². The average molecular weight is 340 g/mol. The van der Waals surface area contributed by atoms with E-state index in [9.17, 15) is 4.79 Å². The number of hydrogen-bond donors (Lipinski definition) is 1. The average Bonchev–Trinajstić information content (AvgIpc) is 3.15. The number of thiazole rings is 1. The quantitative estimate of drug-likeness (QED) is 0.930. The van der Waals surface area contributed by atoms with Gasteiger partial charge in [-0.15, -0.1) is 11.3 Å². The van der Waals surface area contributed by atoms with Gasteiger partial charge in [-0.25, -0.2) is 4.98 Å². The zero-order valence-electron chi connectivity index (χ0n) is 12.5. The van der Waals surface area contributed by atoms with Gasteiger partial charge in [0.15, 0.2) is 5.13 Å². The van der Waals surface area contributed by atoms with E-state index in [4.69, 9.17) is 11.6 Å².